The predicted octanol–water partition coefficient (Wildman–Crippen LogP) is 3.12. The van der Waals surface area contributed by atoms with Crippen LogP contribution in [0, 0.1) is 12.8 Å². The van der Waals surface area contributed by atoms with Gasteiger partial charge in [-0.15, -0.1) is 5.10 Å². The van der Waals surface area contributed by atoms with Gasteiger partial charge in [0, 0.05) is 7.05 Å². The maximum Gasteiger partial charge on any atom is 0.407 e. The Balaban J connectivity index is 1.36. The highest BCUT2D eigenvalue weighted by molar-refractivity contribution is 5.72. The minimum absolute atomic E-state index is 0.114. The van der Waals surface area contributed by atoms with Crippen molar-refractivity contribution in [2.45, 2.75) is 52.4 Å². The molecule has 0 bridgehead atoms. The third-order valence-corrected chi connectivity index (χ3v) is 5.98. The van der Waals surface area contributed by atoms with Gasteiger partial charge < -0.3 is 19.5 Å². The highest BCUT2D eigenvalue weighted by Crippen LogP contribution is 2.31. The number of alkyl carbamates (subject to hydrolysis) is 1. The van der Waals surface area contributed by atoms with Gasteiger partial charge in [0.1, 0.15) is 29.8 Å². The topological polar surface area (TPSA) is 130 Å². The minimum atomic E-state index is -0.547. The summed E-state index contributed by atoms with van der Waals surface area (Å²) >= 11 is 0. The minimum Gasteiger partial charge on any atom is -0.473 e. The Labute approximate surface area is 209 Å². The van der Waals surface area contributed by atoms with Crippen molar-refractivity contribution >= 4 is 12.1 Å². The van der Waals surface area contributed by atoms with Crippen LogP contribution in [0.15, 0.2) is 36.5 Å². The van der Waals surface area contributed by atoms with Crippen molar-refractivity contribution in [3.05, 3.63) is 53.5 Å². The van der Waals surface area contributed by atoms with Crippen LogP contribution in [0.1, 0.15) is 43.1 Å². The summed E-state index contributed by atoms with van der Waals surface area (Å²) < 4.78 is 18.0. The summed E-state index contributed by atoms with van der Waals surface area (Å²) in [4.78, 5) is 33.2. The first-order valence-corrected chi connectivity index (χ1v) is 11.9. The largest absolute Gasteiger partial charge is 0.473 e. The molecule has 1 fully saturated rings. The van der Waals surface area contributed by atoms with Gasteiger partial charge in [-0.25, -0.2) is 19.4 Å². The number of nitrogens with zero attached hydrogens (tertiary/aromatic N) is 5. The molecule has 3 aromatic rings. The zero-order valence-electron chi connectivity index (χ0n) is 20.6. The predicted molar refractivity (Wildman–Crippen MR) is 129 cm³/mol. The molecule has 1 aliphatic carbocycles. The summed E-state index contributed by atoms with van der Waals surface area (Å²) in [5.41, 5.74) is 3.17. The van der Waals surface area contributed by atoms with Gasteiger partial charge >= 0.3 is 12.1 Å². The second-order valence-corrected chi connectivity index (χ2v) is 8.57. The molecule has 2 aromatic heterocycles. The normalized spacial score (nSPS) is 17.0. The monoisotopic (exact) mass is 494 g/mol. The number of amides is 1. The number of rotatable bonds is 9. The molecule has 1 amide bonds. The molecule has 0 radical (unpaired) electrons. The van der Waals surface area contributed by atoms with E-state index in [1.54, 1.807) is 31.8 Å². The smallest absolute Gasteiger partial charge is 0.407 e. The van der Waals surface area contributed by atoms with Crippen LogP contribution >= 0.6 is 0 Å². The third-order valence-electron chi connectivity index (χ3n) is 5.98. The van der Waals surface area contributed by atoms with E-state index in [1.807, 2.05) is 30.3 Å². The van der Waals surface area contributed by atoms with Crippen LogP contribution < -0.4 is 10.1 Å². The van der Waals surface area contributed by atoms with Gasteiger partial charge in [-0.3, -0.25) is 4.79 Å². The molecule has 0 aliphatic heterocycles. The standard InChI is InChI=1S/C25H30N6O5/c1-4-34-24(32)18-10-11-19(12-18)36-23-16(2)28-20(13-26-23)22-21(31(3)30-29-22)14-27-25(33)35-15-17-8-6-5-7-9-17/h5-9,13,18-19H,4,10-12,14-15H2,1-3H3,(H,27,33)/t18-,19-/m0/s1. The number of carbonyl (C=O) groups is 2. The average Bonchev–Trinajstić information content (AvgIpc) is 3.50. The molecule has 0 unspecified atom stereocenters. The number of esters is 1. The van der Waals surface area contributed by atoms with Crippen molar-refractivity contribution in [3.63, 3.8) is 0 Å². The summed E-state index contributed by atoms with van der Waals surface area (Å²) in [7, 11) is 1.74. The molecule has 11 nitrogen and oxygen atoms in total. The van der Waals surface area contributed by atoms with Crippen LogP contribution in [0.2, 0.25) is 0 Å². The number of nitrogens with one attached hydrogen (secondary N) is 1. The SMILES string of the molecule is CCOC(=O)[C@H]1CC[C@H](Oc2ncc(-c3nnn(C)c3CNC(=O)OCc3ccccc3)nc2C)C1. The number of carbonyl (C=O) groups excluding carboxylic acids is 2. The van der Waals surface area contributed by atoms with E-state index in [0.29, 0.717) is 41.7 Å². The number of hydrogen-bond acceptors (Lipinski definition) is 9. The second kappa shape index (κ2) is 11.6. The van der Waals surface area contributed by atoms with Crippen molar-refractivity contribution in [1.29, 1.82) is 0 Å². The number of aromatic nitrogens is 5. The first-order chi connectivity index (χ1) is 17.4. The molecule has 190 valence electrons. The first-order valence-electron chi connectivity index (χ1n) is 11.9. The quantitative estimate of drug-likeness (QED) is 0.446. The van der Waals surface area contributed by atoms with Crippen LogP contribution in [-0.4, -0.2) is 49.7 Å². The Hall–Kier alpha value is -4.02. The lowest BCUT2D eigenvalue weighted by Crippen LogP contribution is -2.25. The van der Waals surface area contributed by atoms with Crippen molar-refractivity contribution < 1.29 is 23.8 Å². The Kier molecular flexibility index (Phi) is 8.09. The van der Waals surface area contributed by atoms with E-state index in [-0.39, 0.29) is 31.1 Å². The molecule has 11 heteroatoms. The molecule has 1 aromatic carbocycles. The molecular weight excluding hydrogens is 464 g/mol. The molecule has 2 atom stereocenters. The van der Waals surface area contributed by atoms with E-state index in [0.717, 1.165) is 18.4 Å². The van der Waals surface area contributed by atoms with Crippen molar-refractivity contribution in [2.75, 3.05) is 6.61 Å². The molecule has 0 spiro atoms. The van der Waals surface area contributed by atoms with Gasteiger partial charge in [0.25, 0.3) is 0 Å². The maximum absolute atomic E-state index is 12.2. The second-order valence-electron chi connectivity index (χ2n) is 8.57. The number of hydrogen-bond donors (Lipinski definition) is 1. The van der Waals surface area contributed by atoms with E-state index >= 15 is 0 Å². The van der Waals surface area contributed by atoms with Crippen molar-refractivity contribution in [2.24, 2.45) is 13.0 Å². The molecule has 36 heavy (non-hydrogen) atoms. The fourth-order valence-corrected chi connectivity index (χ4v) is 4.08. The van der Waals surface area contributed by atoms with Crippen LogP contribution in [-0.2, 0) is 34.5 Å². The fourth-order valence-electron chi connectivity index (χ4n) is 4.08. The van der Waals surface area contributed by atoms with Crippen LogP contribution in [0.3, 0.4) is 0 Å². The van der Waals surface area contributed by atoms with E-state index in [9.17, 15) is 9.59 Å². The summed E-state index contributed by atoms with van der Waals surface area (Å²) in [6.07, 6.45) is 3.00. The van der Waals surface area contributed by atoms with E-state index in [1.165, 1.54) is 0 Å². The van der Waals surface area contributed by atoms with E-state index in [4.69, 9.17) is 14.2 Å². The first kappa shape index (κ1) is 25.1. The molecular formula is C25H30N6O5. The van der Waals surface area contributed by atoms with Gasteiger partial charge in [-0.1, -0.05) is 35.5 Å². The average molecular weight is 495 g/mol. The molecule has 1 saturated carbocycles. The highest BCUT2D eigenvalue weighted by atomic mass is 16.5. The molecule has 1 aliphatic rings. The summed E-state index contributed by atoms with van der Waals surface area (Å²) in [5, 5.41) is 11.0. The molecule has 4 rings (SSSR count). The van der Waals surface area contributed by atoms with Gasteiger partial charge in [0.05, 0.1) is 31.0 Å². The molecule has 0 saturated heterocycles. The zero-order chi connectivity index (χ0) is 25.5. The summed E-state index contributed by atoms with van der Waals surface area (Å²) in [6, 6.07) is 9.45. The zero-order valence-corrected chi connectivity index (χ0v) is 20.6. The van der Waals surface area contributed by atoms with Gasteiger partial charge in [-0.2, -0.15) is 0 Å². The van der Waals surface area contributed by atoms with E-state index < -0.39 is 6.09 Å². The Bertz CT molecular complexity index is 1200. The summed E-state index contributed by atoms with van der Waals surface area (Å²) in [6.45, 7) is 4.32. The summed E-state index contributed by atoms with van der Waals surface area (Å²) in [5.74, 6) is 0.104. The lowest BCUT2D eigenvalue weighted by Gasteiger charge is -2.15. The number of ether oxygens (including phenoxy) is 3. The lowest BCUT2D eigenvalue weighted by atomic mass is 10.1. The van der Waals surface area contributed by atoms with Crippen molar-refractivity contribution in [1.82, 2.24) is 30.3 Å². The molecule has 2 heterocycles. The lowest BCUT2D eigenvalue weighted by molar-refractivity contribution is -0.147. The Morgan fingerprint density at radius 1 is 1.17 bits per heavy atom. The maximum atomic E-state index is 12.2. The van der Waals surface area contributed by atoms with Gasteiger partial charge in [0.15, 0.2) is 0 Å². The third kappa shape index (κ3) is 6.15. The Morgan fingerprint density at radius 3 is 2.72 bits per heavy atom. The van der Waals surface area contributed by atoms with E-state index in [2.05, 4.69) is 25.6 Å². The van der Waals surface area contributed by atoms with Crippen LogP contribution in [0.4, 0.5) is 4.79 Å². The fraction of sp³-hybridized carbons (Fsp3) is 0.440. The van der Waals surface area contributed by atoms with Crippen molar-refractivity contribution in [3.8, 4) is 17.3 Å². The number of benzene rings is 1. The molecule has 1 N–H and O–H groups in total. The number of aryl methyl sites for hydroxylation is 2. The highest BCUT2D eigenvalue weighted by Gasteiger charge is 2.32. The van der Waals surface area contributed by atoms with Gasteiger partial charge in [0.2, 0.25) is 5.88 Å². The van der Waals surface area contributed by atoms with Crippen LogP contribution in [0.5, 0.6) is 5.88 Å². The van der Waals surface area contributed by atoms with Gasteiger partial charge in [-0.05, 0) is 38.7 Å². The van der Waals surface area contributed by atoms with Crippen LogP contribution in [0.25, 0.3) is 11.4 Å². The Morgan fingerprint density at radius 2 is 1.97 bits per heavy atom.